The number of phenolic OH excluding ortho intramolecular Hbond substituents is 1. The fourth-order valence-corrected chi connectivity index (χ4v) is 8.74. The van der Waals surface area contributed by atoms with Gasteiger partial charge in [-0.1, -0.05) is 96.1 Å². The highest BCUT2D eigenvalue weighted by Crippen LogP contribution is 2.60. The number of aliphatic imine (C=N–C) groups is 1. The van der Waals surface area contributed by atoms with Crippen molar-refractivity contribution in [3.63, 3.8) is 0 Å². The molecule has 1 fully saturated rings. The summed E-state index contributed by atoms with van der Waals surface area (Å²) in [5, 5.41) is 12.9. The van der Waals surface area contributed by atoms with Crippen LogP contribution in [0.5, 0.6) is 5.75 Å². The molecule has 5 rings (SSSR count). The first-order valence-corrected chi connectivity index (χ1v) is 14.2. The van der Waals surface area contributed by atoms with Crippen LogP contribution in [0.15, 0.2) is 89.9 Å². The van der Waals surface area contributed by atoms with E-state index in [0.29, 0.717) is 5.75 Å². The zero-order valence-corrected chi connectivity index (χ0v) is 22.7. The number of rotatable bonds is 4. The molecule has 2 atom stereocenters. The Hall–Kier alpha value is -3.22. The van der Waals surface area contributed by atoms with Gasteiger partial charge in [0.05, 0.1) is 16.6 Å². The van der Waals surface area contributed by atoms with Gasteiger partial charge in [0.15, 0.2) is 0 Å². The maximum atomic E-state index is 11.5. The molecule has 1 heterocycles. The van der Waals surface area contributed by atoms with Crippen molar-refractivity contribution in [2.24, 2.45) is 4.99 Å². The van der Waals surface area contributed by atoms with Gasteiger partial charge in [-0.3, -0.25) is 4.99 Å². The molecule has 1 N–H and O–H groups in total. The quantitative estimate of drug-likeness (QED) is 0.287. The van der Waals surface area contributed by atoms with E-state index in [4.69, 9.17) is 4.99 Å². The summed E-state index contributed by atoms with van der Waals surface area (Å²) in [5.41, 5.74) is 9.66. The van der Waals surface area contributed by atoms with Crippen LogP contribution in [-0.2, 0) is 5.41 Å². The number of benzene rings is 4. The van der Waals surface area contributed by atoms with Gasteiger partial charge in [-0.05, 0) is 82.7 Å². The molecule has 0 spiro atoms. The first-order chi connectivity index (χ1) is 17.3. The lowest BCUT2D eigenvalue weighted by Crippen LogP contribution is -2.33. The van der Waals surface area contributed by atoms with E-state index in [-0.39, 0.29) is 0 Å². The highest BCUT2D eigenvalue weighted by molar-refractivity contribution is 7.82. The Labute approximate surface area is 216 Å². The summed E-state index contributed by atoms with van der Waals surface area (Å²) >= 11 is 0. The van der Waals surface area contributed by atoms with E-state index in [0.717, 1.165) is 35.0 Å². The van der Waals surface area contributed by atoms with Crippen molar-refractivity contribution in [3.05, 3.63) is 124 Å². The van der Waals surface area contributed by atoms with Crippen molar-refractivity contribution in [1.29, 1.82) is 0 Å². The molecule has 0 bridgehead atoms. The third-order valence-corrected chi connectivity index (χ3v) is 10.0. The Bertz CT molecular complexity index is 1420. The zero-order chi connectivity index (χ0) is 25.4. The van der Waals surface area contributed by atoms with E-state index in [1.165, 1.54) is 33.0 Å². The summed E-state index contributed by atoms with van der Waals surface area (Å²) in [5.74, 6) is 0.388. The minimum absolute atomic E-state index is 0.388. The third-order valence-electron chi connectivity index (χ3n) is 7.44. The van der Waals surface area contributed by atoms with Crippen LogP contribution < -0.4 is 5.30 Å². The molecule has 1 aliphatic heterocycles. The maximum absolute atomic E-state index is 11.5. The monoisotopic (exact) mass is 491 g/mol. The second kappa shape index (κ2) is 9.68. The summed E-state index contributed by atoms with van der Waals surface area (Å²) in [6, 6.07) is 30.3. The van der Waals surface area contributed by atoms with Crippen molar-refractivity contribution >= 4 is 24.4 Å². The normalized spacial score (nSPS) is 20.7. The molecule has 4 aromatic rings. The van der Waals surface area contributed by atoms with E-state index >= 15 is 0 Å². The van der Waals surface area contributed by atoms with E-state index in [9.17, 15) is 5.11 Å². The Morgan fingerprint density at radius 1 is 0.722 bits per heavy atom. The lowest BCUT2D eigenvalue weighted by molar-refractivity contribution is 0.454. The molecule has 36 heavy (non-hydrogen) atoms. The highest BCUT2D eigenvalue weighted by atomic mass is 31.1. The molecule has 3 heteroatoms. The van der Waals surface area contributed by atoms with Crippen molar-refractivity contribution in [3.8, 4) is 5.75 Å². The summed E-state index contributed by atoms with van der Waals surface area (Å²) < 4.78 is 0. The molecule has 0 radical (unpaired) electrons. The number of hydrogen-bond donors (Lipinski definition) is 1. The summed E-state index contributed by atoms with van der Waals surface area (Å²) in [6.07, 6.45) is 1.94. The summed E-state index contributed by atoms with van der Waals surface area (Å²) in [7, 11) is -0.688. The van der Waals surface area contributed by atoms with Crippen LogP contribution >= 0.6 is 7.92 Å². The first-order valence-electron chi connectivity index (χ1n) is 12.7. The van der Waals surface area contributed by atoms with Gasteiger partial charge in [0, 0.05) is 5.56 Å². The second-order valence-electron chi connectivity index (χ2n) is 10.2. The topological polar surface area (TPSA) is 32.6 Å². The van der Waals surface area contributed by atoms with Crippen molar-refractivity contribution < 1.29 is 5.11 Å². The van der Waals surface area contributed by atoms with Gasteiger partial charge in [-0.2, -0.15) is 0 Å². The fraction of sp³-hybridized carbons (Fsp3) is 0.242. The SMILES string of the molecule is Cc1cc(C)c(N=C2P(c3ccccc3)CCC2(c2ccccc2)c2cc(C)cc(C)c2O)c(C)c1. The van der Waals surface area contributed by atoms with Crippen molar-refractivity contribution in [2.45, 2.75) is 46.5 Å². The van der Waals surface area contributed by atoms with E-state index in [2.05, 4.69) is 113 Å². The predicted molar refractivity (Wildman–Crippen MR) is 155 cm³/mol. The molecule has 4 aromatic carbocycles. The molecule has 2 nitrogen and oxygen atoms in total. The minimum Gasteiger partial charge on any atom is -0.507 e. The predicted octanol–water partition coefficient (Wildman–Crippen LogP) is 8.16. The molecule has 1 aliphatic rings. The minimum atomic E-state index is -0.688. The van der Waals surface area contributed by atoms with Gasteiger partial charge in [0.1, 0.15) is 5.75 Å². The largest absolute Gasteiger partial charge is 0.507 e. The van der Waals surface area contributed by atoms with E-state index in [1.54, 1.807) is 0 Å². The zero-order valence-electron chi connectivity index (χ0n) is 21.8. The number of aryl methyl sites for hydroxylation is 5. The maximum Gasteiger partial charge on any atom is 0.123 e. The lowest BCUT2D eigenvalue weighted by atomic mass is 9.72. The van der Waals surface area contributed by atoms with Gasteiger partial charge in [0.2, 0.25) is 0 Å². The van der Waals surface area contributed by atoms with Crippen molar-refractivity contribution in [2.75, 3.05) is 6.16 Å². The van der Waals surface area contributed by atoms with Gasteiger partial charge in [-0.15, -0.1) is 0 Å². The molecule has 1 saturated heterocycles. The Morgan fingerprint density at radius 2 is 1.28 bits per heavy atom. The molecule has 2 unspecified atom stereocenters. The van der Waals surface area contributed by atoms with Crippen LogP contribution in [0.2, 0.25) is 0 Å². The van der Waals surface area contributed by atoms with Crippen LogP contribution in [0.3, 0.4) is 0 Å². The smallest absolute Gasteiger partial charge is 0.123 e. The average Bonchev–Trinajstić information content (AvgIpc) is 3.24. The van der Waals surface area contributed by atoms with Gasteiger partial charge in [0.25, 0.3) is 0 Å². The molecule has 0 aliphatic carbocycles. The fourth-order valence-electron chi connectivity index (χ4n) is 5.89. The molecule has 182 valence electrons. The molecule has 0 amide bonds. The summed E-state index contributed by atoms with van der Waals surface area (Å²) in [6.45, 7) is 10.6. The Morgan fingerprint density at radius 3 is 1.92 bits per heavy atom. The number of nitrogens with zero attached hydrogens (tertiary/aromatic N) is 1. The van der Waals surface area contributed by atoms with Crippen LogP contribution in [0.25, 0.3) is 0 Å². The standard InChI is InChI=1S/C33H34NOP/c1-22-18-24(3)30(25(4)19-22)34-32-33(27-12-8-6-9-13-27,29-21-23(2)20-26(5)31(29)35)16-17-36(32)28-14-10-7-11-15-28/h6-15,18-21,35H,16-17H2,1-5H3. The average molecular weight is 492 g/mol. The molecule has 0 aromatic heterocycles. The van der Waals surface area contributed by atoms with Gasteiger partial charge < -0.3 is 5.11 Å². The lowest BCUT2D eigenvalue weighted by Gasteiger charge is -2.34. The third kappa shape index (κ3) is 4.18. The number of hydrogen-bond acceptors (Lipinski definition) is 2. The first kappa shape index (κ1) is 24.5. The van der Waals surface area contributed by atoms with E-state index in [1.807, 2.05) is 6.92 Å². The van der Waals surface area contributed by atoms with Crippen LogP contribution in [0, 0.1) is 34.6 Å². The molecular formula is C33H34NOP. The number of phenols is 1. The van der Waals surface area contributed by atoms with Crippen LogP contribution in [0.1, 0.15) is 45.4 Å². The van der Waals surface area contributed by atoms with E-state index < -0.39 is 13.3 Å². The Balaban J connectivity index is 1.88. The summed E-state index contributed by atoms with van der Waals surface area (Å²) in [4.78, 5) is 5.60. The van der Waals surface area contributed by atoms with Crippen LogP contribution in [0.4, 0.5) is 5.69 Å². The molecular weight excluding hydrogens is 457 g/mol. The van der Waals surface area contributed by atoms with Crippen molar-refractivity contribution in [1.82, 2.24) is 0 Å². The second-order valence-corrected chi connectivity index (χ2v) is 12.4. The van der Waals surface area contributed by atoms with Crippen LogP contribution in [-0.4, -0.2) is 16.7 Å². The van der Waals surface area contributed by atoms with Gasteiger partial charge in [-0.25, -0.2) is 0 Å². The van der Waals surface area contributed by atoms with Gasteiger partial charge >= 0.3 is 0 Å². The highest BCUT2D eigenvalue weighted by Gasteiger charge is 2.50. The number of aromatic hydroxyl groups is 1. The molecule has 0 saturated carbocycles. The Kier molecular flexibility index (Phi) is 6.58.